The van der Waals surface area contributed by atoms with Gasteiger partial charge in [-0.25, -0.2) is 0 Å². The van der Waals surface area contributed by atoms with E-state index in [2.05, 4.69) is 5.32 Å². The van der Waals surface area contributed by atoms with E-state index in [0.717, 1.165) is 0 Å². The number of nitrogens with one attached hydrogen (secondary N) is 1. The van der Waals surface area contributed by atoms with Crippen LogP contribution in [0.2, 0.25) is 0 Å². The van der Waals surface area contributed by atoms with Crippen molar-refractivity contribution >= 4 is 23.6 Å². The van der Waals surface area contributed by atoms with E-state index in [1.165, 1.54) is 0 Å². The zero-order valence-corrected chi connectivity index (χ0v) is 10.1. The topological polar surface area (TPSA) is 122 Å². The maximum absolute atomic E-state index is 11.6. The Balaban J connectivity index is 1.87. The molecule has 0 bridgehead atoms. The molecular weight excluding hydrogens is 244 g/mol. The summed E-state index contributed by atoms with van der Waals surface area (Å²) in [6.07, 6.45) is 0. The number of aliphatic hydroxyl groups excluding tert-OH is 1. The number of nitrogens with zero attached hydrogens (tertiary/aromatic N) is 1. The molecule has 0 unspecified atom stereocenters. The van der Waals surface area contributed by atoms with E-state index in [9.17, 15) is 9.59 Å². The lowest BCUT2D eigenvalue weighted by Gasteiger charge is -2.48. The Kier molecular flexibility index (Phi) is 3.30. The first-order valence-corrected chi connectivity index (χ1v) is 6.32. The lowest BCUT2D eigenvalue weighted by atomic mass is 10.1. The van der Waals surface area contributed by atoms with Gasteiger partial charge in [0, 0.05) is 5.75 Å². The van der Waals surface area contributed by atoms with Crippen molar-refractivity contribution in [3.05, 3.63) is 0 Å². The number of thioether (sulfide) groups is 1. The molecule has 0 saturated carbocycles. The van der Waals surface area contributed by atoms with Crippen LogP contribution in [0.15, 0.2) is 0 Å². The summed E-state index contributed by atoms with van der Waals surface area (Å²) in [7, 11) is 0. The van der Waals surface area contributed by atoms with Gasteiger partial charge in [0.2, 0.25) is 11.8 Å². The number of rotatable bonds is 3. The normalized spacial score (nSPS) is 27.9. The minimum Gasteiger partial charge on any atom is -0.394 e. The summed E-state index contributed by atoms with van der Waals surface area (Å²) in [5, 5.41) is 11.9. The van der Waals surface area contributed by atoms with E-state index in [4.69, 9.17) is 16.6 Å². The van der Waals surface area contributed by atoms with Gasteiger partial charge in [0.15, 0.2) is 0 Å². The second kappa shape index (κ2) is 4.45. The summed E-state index contributed by atoms with van der Waals surface area (Å²) in [5.74, 6) is -0.00192. The highest BCUT2D eigenvalue weighted by Gasteiger charge is 2.51. The molecule has 0 aromatic rings. The minimum absolute atomic E-state index is 0.259. The predicted octanol–water partition coefficient (Wildman–Crippen LogP) is -2.97. The van der Waals surface area contributed by atoms with Crippen molar-refractivity contribution < 1.29 is 14.7 Å². The molecule has 2 rings (SSSR count). The third kappa shape index (κ3) is 2.25. The molecule has 96 valence electrons. The Morgan fingerprint density at radius 1 is 1.59 bits per heavy atom. The fourth-order valence-corrected chi connectivity index (χ4v) is 3.47. The first-order valence-electron chi connectivity index (χ1n) is 5.33. The van der Waals surface area contributed by atoms with E-state index >= 15 is 0 Å². The van der Waals surface area contributed by atoms with Crippen LogP contribution in [-0.4, -0.2) is 64.2 Å². The summed E-state index contributed by atoms with van der Waals surface area (Å²) in [6.45, 7) is 0.634. The minimum atomic E-state index is -0.856. The van der Waals surface area contributed by atoms with Gasteiger partial charge in [-0.2, -0.15) is 0 Å². The van der Waals surface area contributed by atoms with Gasteiger partial charge in [0.05, 0.1) is 25.7 Å². The zero-order valence-electron chi connectivity index (χ0n) is 9.26. The number of carbonyl (C=O) groups is 2. The van der Waals surface area contributed by atoms with Crippen LogP contribution < -0.4 is 16.8 Å². The van der Waals surface area contributed by atoms with Gasteiger partial charge in [-0.1, -0.05) is 0 Å². The van der Waals surface area contributed by atoms with E-state index < -0.39 is 6.04 Å². The largest absolute Gasteiger partial charge is 0.394 e. The molecule has 0 radical (unpaired) electrons. The standard InChI is InChI=1S/C9H16N4O3S/c10-5(1-14)8(16)13-3-9(4-13)12-6(2-17-9)7(11)15/h5-6,12,14H,1-4,10H2,(H2,11,15)/t5-,6-/m0/s1. The second-order valence-electron chi connectivity index (χ2n) is 4.39. The molecule has 2 fully saturated rings. The molecule has 17 heavy (non-hydrogen) atoms. The van der Waals surface area contributed by atoms with Crippen LogP contribution in [0.1, 0.15) is 0 Å². The molecule has 2 aliphatic heterocycles. The number of aliphatic hydroxyl groups is 1. The number of amides is 2. The first kappa shape index (κ1) is 12.6. The van der Waals surface area contributed by atoms with Crippen LogP contribution in [0.5, 0.6) is 0 Å². The number of primary amides is 1. The average molecular weight is 260 g/mol. The van der Waals surface area contributed by atoms with Gasteiger partial charge in [-0.15, -0.1) is 11.8 Å². The van der Waals surface area contributed by atoms with Crippen molar-refractivity contribution in [3.63, 3.8) is 0 Å². The summed E-state index contributed by atoms with van der Waals surface area (Å²) >= 11 is 1.60. The zero-order chi connectivity index (χ0) is 12.6. The molecule has 2 atom stereocenters. The highest BCUT2D eigenvalue weighted by atomic mass is 32.2. The molecule has 8 heteroatoms. The average Bonchev–Trinajstić information content (AvgIpc) is 2.70. The van der Waals surface area contributed by atoms with Gasteiger partial charge in [-0.3, -0.25) is 14.9 Å². The summed E-state index contributed by atoms with van der Waals surface area (Å²) in [5.41, 5.74) is 10.7. The fourth-order valence-electron chi connectivity index (χ4n) is 2.02. The van der Waals surface area contributed by atoms with Crippen LogP contribution in [0.25, 0.3) is 0 Å². The monoisotopic (exact) mass is 260 g/mol. The smallest absolute Gasteiger partial charge is 0.242 e. The van der Waals surface area contributed by atoms with Crippen LogP contribution >= 0.6 is 11.8 Å². The Morgan fingerprint density at radius 3 is 2.71 bits per heavy atom. The van der Waals surface area contributed by atoms with E-state index in [1.807, 2.05) is 0 Å². The quantitative estimate of drug-likeness (QED) is 0.430. The summed E-state index contributed by atoms with van der Waals surface area (Å²) < 4.78 is 0. The van der Waals surface area contributed by atoms with Crippen molar-refractivity contribution in [2.24, 2.45) is 11.5 Å². The van der Waals surface area contributed by atoms with Crippen LogP contribution in [0.4, 0.5) is 0 Å². The molecule has 0 aliphatic carbocycles. The van der Waals surface area contributed by atoms with Crippen molar-refractivity contribution in [2.45, 2.75) is 17.0 Å². The van der Waals surface area contributed by atoms with Crippen molar-refractivity contribution in [1.29, 1.82) is 0 Å². The van der Waals surface area contributed by atoms with E-state index in [1.54, 1.807) is 16.7 Å². The molecule has 2 heterocycles. The molecule has 0 aromatic heterocycles. The summed E-state index contributed by atoms with van der Waals surface area (Å²) in [6, 6.07) is -1.19. The number of nitrogens with two attached hydrogens (primary N) is 2. The first-order chi connectivity index (χ1) is 7.97. The van der Waals surface area contributed by atoms with Gasteiger partial charge < -0.3 is 21.5 Å². The van der Waals surface area contributed by atoms with Crippen molar-refractivity contribution in [3.8, 4) is 0 Å². The van der Waals surface area contributed by atoms with Gasteiger partial charge >= 0.3 is 0 Å². The third-order valence-corrected chi connectivity index (χ3v) is 4.45. The number of carbonyl (C=O) groups excluding carboxylic acids is 2. The van der Waals surface area contributed by atoms with Crippen LogP contribution in [0, 0.1) is 0 Å². The van der Waals surface area contributed by atoms with E-state index in [-0.39, 0.29) is 29.3 Å². The van der Waals surface area contributed by atoms with Crippen LogP contribution in [0.3, 0.4) is 0 Å². The molecule has 2 amide bonds. The summed E-state index contributed by atoms with van der Waals surface area (Å²) in [4.78, 5) is 24.0. The van der Waals surface area contributed by atoms with Gasteiger partial charge in [0.25, 0.3) is 0 Å². The maximum atomic E-state index is 11.6. The van der Waals surface area contributed by atoms with Crippen LogP contribution in [-0.2, 0) is 9.59 Å². The van der Waals surface area contributed by atoms with Gasteiger partial charge in [-0.05, 0) is 0 Å². The molecule has 2 saturated heterocycles. The number of hydrogen-bond donors (Lipinski definition) is 4. The number of hydrogen-bond acceptors (Lipinski definition) is 6. The molecule has 0 aromatic carbocycles. The number of likely N-dealkylation sites (tertiary alicyclic amines) is 1. The molecule has 2 aliphatic rings. The highest BCUT2D eigenvalue weighted by Crippen LogP contribution is 2.38. The maximum Gasteiger partial charge on any atom is 0.242 e. The molecule has 1 spiro atoms. The third-order valence-electron chi connectivity index (χ3n) is 3.03. The lowest BCUT2D eigenvalue weighted by molar-refractivity contribution is -0.139. The molecular formula is C9H16N4O3S. The lowest BCUT2D eigenvalue weighted by Crippen LogP contribution is -2.70. The predicted molar refractivity (Wildman–Crippen MR) is 62.9 cm³/mol. The SMILES string of the molecule is NC(=O)[C@@H]1CSC2(CN(C(=O)[C@@H](N)CO)C2)N1. The molecule has 6 N–H and O–H groups in total. The Morgan fingerprint density at radius 2 is 2.24 bits per heavy atom. The van der Waals surface area contributed by atoms with E-state index in [0.29, 0.717) is 18.8 Å². The van der Waals surface area contributed by atoms with Crippen molar-refractivity contribution in [1.82, 2.24) is 10.2 Å². The highest BCUT2D eigenvalue weighted by molar-refractivity contribution is 8.01. The second-order valence-corrected chi connectivity index (χ2v) is 5.79. The Hall–Kier alpha value is -0.830. The molecule has 7 nitrogen and oxygen atoms in total. The fraction of sp³-hybridized carbons (Fsp3) is 0.778. The van der Waals surface area contributed by atoms with Gasteiger partial charge in [0.1, 0.15) is 10.9 Å². The van der Waals surface area contributed by atoms with Crippen molar-refractivity contribution in [2.75, 3.05) is 25.4 Å². The Bertz CT molecular complexity index is 345. The Labute approximate surface area is 103 Å².